The van der Waals surface area contributed by atoms with E-state index in [-0.39, 0.29) is 41.0 Å². The lowest BCUT2D eigenvalue weighted by molar-refractivity contribution is -0.249. The van der Waals surface area contributed by atoms with Crippen molar-refractivity contribution in [3.8, 4) is 23.0 Å². The van der Waals surface area contributed by atoms with Crippen LogP contribution in [0.2, 0.25) is 0 Å². The van der Waals surface area contributed by atoms with Crippen molar-refractivity contribution in [2.75, 3.05) is 20.3 Å². The minimum absolute atomic E-state index is 0.0687. The molecule has 2 aliphatic carbocycles. The molecule has 0 radical (unpaired) electrons. The van der Waals surface area contributed by atoms with E-state index in [0.717, 1.165) is 0 Å². The highest BCUT2D eigenvalue weighted by Crippen LogP contribution is 2.52. The number of ether oxygens (including phenoxy) is 4. The van der Waals surface area contributed by atoms with Crippen molar-refractivity contribution < 1.29 is 63.7 Å². The van der Waals surface area contributed by atoms with Crippen molar-refractivity contribution in [1.29, 1.82) is 0 Å². The summed E-state index contributed by atoms with van der Waals surface area (Å²) >= 11 is 0. The molecule has 3 aliphatic rings. The number of Topliss-reactive ketones (excluding diaryl/α,β-unsaturated/α-hetero) is 1. The van der Waals surface area contributed by atoms with E-state index in [4.69, 9.17) is 18.9 Å². The van der Waals surface area contributed by atoms with Crippen LogP contribution >= 0.6 is 0 Å². The van der Waals surface area contributed by atoms with Gasteiger partial charge in [-0.3, -0.25) is 19.2 Å². The molecule has 0 saturated carbocycles. The lowest BCUT2D eigenvalue weighted by atomic mass is 9.72. The van der Waals surface area contributed by atoms with Gasteiger partial charge in [-0.05, 0) is 25.1 Å². The maximum atomic E-state index is 13.9. The van der Waals surface area contributed by atoms with Crippen molar-refractivity contribution in [3.05, 3.63) is 81.9 Å². The summed E-state index contributed by atoms with van der Waals surface area (Å²) in [6.07, 6.45) is -6.05. The molecule has 49 heavy (non-hydrogen) atoms. The summed E-state index contributed by atoms with van der Waals surface area (Å²) < 4.78 is 22.9. The molecule has 4 unspecified atom stereocenters. The van der Waals surface area contributed by atoms with Gasteiger partial charge in [0.1, 0.15) is 41.3 Å². The topological polar surface area (TPSA) is 218 Å². The maximum Gasteiger partial charge on any atom is 0.258 e. The van der Waals surface area contributed by atoms with E-state index in [1.54, 1.807) is 30.3 Å². The highest BCUT2D eigenvalue weighted by Gasteiger charge is 2.50. The third-order valence-corrected chi connectivity index (χ3v) is 9.22. The summed E-state index contributed by atoms with van der Waals surface area (Å²) in [6, 6.07) is 12.1. The van der Waals surface area contributed by atoms with Gasteiger partial charge in [-0.25, -0.2) is 0 Å². The van der Waals surface area contributed by atoms with Gasteiger partial charge in [0.25, 0.3) is 5.91 Å². The predicted octanol–water partition coefficient (Wildman–Crippen LogP) is 1.24. The number of ketones is 3. The number of hydrogen-bond acceptors (Lipinski definition) is 13. The third-order valence-electron chi connectivity index (χ3n) is 9.22. The molecule has 3 aromatic rings. The highest BCUT2D eigenvalue weighted by molar-refractivity contribution is 6.31. The van der Waals surface area contributed by atoms with E-state index in [0.29, 0.717) is 5.75 Å². The van der Waals surface area contributed by atoms with Crippen LogP contribution in [0.1, 0.15) is 68.8 Å². The molecule has 6 atom stereocenters. The molecule has 1 saturated heterocycles. The number of carbonyl (C=O) groups excluding carboxylic acids is 4. The fourth-order valence-corrected chi connectivity index (χ4v) is 6.77. The number of benzene rings is 3. The van der Waals surface area contributed by atoms with Crippen LogP contribution < -0.4 is 14.8 Å². The molecule has 6 N–H and O–H groups in total. The van der Waals surface area contributed by atoms with Crippen LogP contribution in [0.4, 0.5) is 0 Å². The third kappa shape index (κ3) is 6.02. The Kier molecular flexibility index (Phi) is 9.17. The summed E-state index contributed by atoms with van der Waals surface area (Å²) in [7, 11) is 1.31. The average molecular weight is 678 g/mol. The largest absolute Gasteiger partial charge is 0.507 e. The Morgan fingerprint density at radius 2 is 1.71 bits per heavy atom. The van der Waals surface area contributed by atoms with Gasteiger partial charge in [-0.2, -0.15) is 0 Å². The molecule has 0 bridgehead atoms. The summed E-state index contributed by atoms with van der Waals surface area (Å²) in [5, 5.41) is 57.9. The SMILES string of the molecule is COc1cccc2c1C(=O)c1c(O)c3c(c(O)c1C2=O)C[C@@](O)(C(=O)CO)C[C@@H]3OC1CC(NC(=O)COc2ccccc2)C(O)C(C)O1. The maximum absolute atomic E-state index is 13.9. The number of phenolic OH excluding ortho intramolecular Hbond substituents is 2. The molecule has 6 rings (SSSR count). The molecule has 258 valence electrons. The normalized spacial score (nSPS) is 25.9. The van der Waals surface area contributed by atoms with Gasteiger partial charge < -0.3 is 49.8 Å². The molecule has 3 aromatic carbocycles. The Morgan fingerprint density at radius 3 is 2.41 bits per heavy atom. The Labute approximate surface area is 279 Å². The first-order valence-corrected chi connectivity index (χ1v) is 15.6. The van der Waals surface area contributed by atoms with Crippen LogP contribution in [0.15, 0.2) is 48.5 Å². The highest BCUT2D eigenvalue weighted by atomic mass is 16.7. The Bertz CT molecular complexity index is 1830. The fraction of sp³-hybridized carbons (Fsp3) is 0.371. The minimum Gasteiger partial charge on any atom is -0.507 e. The van der Waals surface area contributed by atoms with Gasteiger partial charge in [0.2, 0.25) is 5.78 Å². The second kappa shape index (κ2) is 13.2. The number of fused-ring (bicyclic) bond motifs is 3. The van der Waals surface area contributed by atoms with Crippen LogP contribution in [0, 0.1) is 0 Å². The lowest BCUT2D eigenvalue weighted by Gasteiger charge is -2.42. The molecule has 0 spiro atoms. The number of aliphatic hydroxyl groups excluding tert-OH is 2. The zero-order valence-electron chi connectivity index (χ0n) is 26.5. The van der Waals surface area contributed by atoms with E-state index >= 15 is 0 Å². The lowest BCUT2D eigenvalue weighted by Crippen LogP contribution is -2.56. The molecule has 1 amide bonds. The van der Waals surface area contributed by atoms with Gasteiger partial charge in [-0.15, -0.1) is 0 Å². The van der Waals surface area contributed by atoms with Crippen LogP contribution in [-0.4, -0.2) is 99.3 Å². The summed E-state index contributed by atoms with van der Waals surface area (Å²) in [5.74, 6) is -4.09. The zero-order chi connectivity index (χ0) is 35.2. The summed E-state index contributed by atoms with van der Waals surface area (Å²) in [4.78, 5) is 53.1. The molecule has 14 heteroatoms. The summed E-state index contributed by atoms with van der Waals surface area (Å²) in [6.45, 7) is 0.122. The van der Waals surface area contributed by atoms with E-state index in [1.807, 2.05) is 0 Å². The average Bonchev–Trinajstić information content (AvgIpc) is 3.09. The second-order valence-corrected chi connectivity index (χ2v) is 12.3. The van der Waals surface area contributed by atoms with Crippen molar-refractivity contribution >= 4 is 23.3 Å². The van der Waals surface area contributed by atoms with E-state index in [1.165, 1.54) is 32.2 Å². The van der Waals surface area contributed by atoms with Gasteiger partial charge in [0.15, 0.2) is 24.5 Å². The number of rotatable bonds is 9. The monoisotopic (exact) mass is 677 g/mol. The first kappa shape index (κ1) is 34.0. The van der Waals surface area contributed by atoms with Crippen LogP contribution in [0.3, 0.4) is 0 Å². The molecular formula is C35H35NO13. The van der Waals surface area contributed by atoms with E-state index < -0.39 is 102 Å². The number of aliphatic hydroxyl groups is 3. The number of phenols is 2. The first-order valence-electron chi connectivity index (χ1n) is 15.6. The zero-order valence-corrected chi connectivity index (χ0v) is 26.5. The molecular weight excluding hydrogens is 642 g/mol. The van der Waals surface area contributed by atoms with E-state index in [9.17, 15) is 44.7 Å². The number of amides is 1. The van der Waals surface area contributed by atoms with Crippen molar-refractivity contribution in [1.82, 2.24) is 5.32 Å². The molecule has 1 heterocycles. The first-order chi connectivity index (χ1) is 23.4. The summed E-state index contributed by atoms with van der Waals surface area (Å²) in [5.41, 5.74) is -3.97. The number of aromatic hydroxyl groups is 2. The van der Waals surface area contributed by atoms with Gasteiger partial charge in [0.05, 0.1) is 42.0 Å². The van der Waals surface area contributed by atoms with Crippen molar-refractivity contribution in [3.63, 3.8) is 0 Å². The van der Waals surface area contributed by atoms with Crippen molar-refractivity contribution in [2.45, 2.75) is 62.4 Å². The Morgan fingerprint density at radius 1 is 1.00 bits per heavy atom. The number of nitrogens with one attached hydrogen (secondary N) is 1. The van der Waals surface area contributed by atoms with Crippen molar-refractivity contribution in [2.24, 2.45) is 0 Å². The van der Waals surface area contributed by atoms with E-state index in [2.05, 4.69) is 5.32 Å². The molecule has 0 aromatic heterocycles. The number of para-hydroxylation sites is 1. The fourth-order valence-electron chi connectivity index (χ4n) is 6.77. The molecule has 1 fully saturated rings. The molecule has 14 nitrogen and oxygen atoms in total. The smallest absolute Gasteiger partial charge is 0.258 e. The van der Waals surface area contributed by atoms with Crippen LogP contribution in [0.25, 0.3) is 0 Å². The van der Waals surface area contributed by atoms with Gasteiger partial charge in [0, 0.05) is 36.0 Å². The minimum atomic E-state index is -2.32. The Hall–Kier alpha value is -4.86. The Balaban J connectivity index is 1.34. The second-order valence-electron chi connectivity index (χ2n) is 12.3. The predicted molar refractivity (Wildman–Crippen MR) is 168 cm³/mol. The van der Waals surface area contributed by atoms with Gasteiger partial charge in [-0.1, -0.05) is 30.3 Å². The van der Waals surface area contributed by atoms with Gasteiger partial charge >= 0.3 is 0 Å². The number of carbonyl (C=O) groups is 4. The quantitative estimate of drug-likeness (QED) is 0.138. The number of hydrogen-bond donors (Lipinski definition) is 6. The molecule has 1 aliphatic heterocycles. The number of methoxy groups -OCH3 is 1. The van der Waals surface area contributed by atoms with Crippen LogP contribution in [0.5, 0.6) is 23.0 Å². The van der Waals surface area contributed by atoms with Crippen LogP contribution in [-0.2, 0) is 25.5 Å². The standard InChI is InChI=1S/C35H35NO13/c1-16-30(40)20(36-24(39)15-47-17-7-4-3-5-8-17)11-25(48-16)49-22-13-35(45,23(38)14-37)12-19-27(22)34(44)29-28(32(19)42)31(41)18-9-6-10-21(46-2)26(18)33(29)43/h3-10,16,20,22,25,30,37,40,42,44-45H,11-15H2,1-2H3,(H,36,39)/t16?,20?,22-,25?,30?,35-/m0/s1.